The van der Waals surface area contributed by atoms with Crippen LogP contribution in [0.1, 0.15) is 128 Å². The van der Waals surface area contributed by atoms with Crippen LogP contribution < -0.4 is 0 Å². The molecule has 0 aromatic rings. The van der Waals surface area contributed by atoms with Gasteiger partial charge in [-0.3, -0.25) is 29.1 Å². The zero-order valence-corrected chi connectivity index (χ0v) is 31.3. The second-order valence-corrected chi connectivity index (χ2v) is 18.1. The molecule has 3 rings (SSSR count). The zero-order valence-electron chi connectivity index (χ0n) is 31.3. The average Bonchev–Trinajstić information content (AvgIpc) is 2.85. The lowest BCUT2D eigenvalue weighted by molar-refractivity contribution is -0.173. The predicted octanol–water partition coefficient (Wildman–Crippen LogP) is 5.62. The lowest BCUT2D eigenvalue weighted by Crippen LogP contribution is -2.60. The summed E-state index contributed by atoms with van der Waals surface area (Å²) < 4.78 is 18.3. The molecule has 3 fully saturated rings. The van der Waals surface area contributed by atoms with Crippen LogP contribution in [0.4, 0.5) is 0 Å². The van der Waals surface area contributed by atoms with Gasteiger partial charge >= 0.3 is 11.9 Å². The van der Waals surface area contributed by atoms with Crippen molar-refractivity contribution < 1.29 is 28.6 Å². The Bertz CT molecular complexity index is 1060. The van der Waals surface area contributed by atoms with E-state index in [0.717, 1.165) is 12.8 Å². The topological polar surface area (TPSA) is 88.6 Å². The first-order chi connectivity index (χ1) is 20.2. The van der Waals surface area contributed by atoms with Gasteiger partial charge < -0.3 is 14.2 Å². The fourth-order valence-electron chi connectivity index (χ4n) is 8.40. The Morgan fingerprint density at radius 1 is 0.556 bits per heavy atom. The average molecular weight is 636 g/mol. The molecule has 3 heterocycles. The van der Waals surface area contributed by atoms with Crippen LogP contribution in [0.25, 0.3) is 0 Å². The third kappa shape index (κ3) is 8.68. The molecule has 45 heavy (non-hydrogen) atoms. The second kappa shape index (κ2) is 12.8. The maximum Gasteiger partial charge on any atom is 0.317 e. The van der Waals surface area contributed by atoms with Crippen molar-refractivity contribution in [2.24, 2.45) is 5.92 Å². The van der Waals surface area contributed by atoms with Crippen LogP contribution in [0.5, 0.6) is 0 Å². The van der Waals surface area contributed by atoms with E-state index in [1.165, 1.54) is 0 Å². The molecule has 3 aliphatic heterocycles. The molecule has 0 radical (unpaired) electrons. The SMILES string of the molecule is CN1C(C)(C)CC(OCC(=O)C(CC(=O)OC2CC(C)(C)N(C)C(C)(C)C2)C(=O)OC2CC(C)(C)N(C)C(C)(C)C2)CC1(C)C. The Labute approximate surface area is 274 Å². The van der Waals surface area contributed by atoms with Crippen LogP contribution in [-0.4, -0.2) is 112 Å². The molecule has 0 amide bonds. The number of likely N-dealkylation sites (tertiary alicyclic amines) is 3. The van der Waals surface area contributed by atoms with Gasteiger partial charge in [-0.15, -0.1) is 0 Å². The Morgan fingerprint density at radius 3 is 1.22 bits per heavy atom. The number of Topliss-reactive ketones (excluding diaryl/α,β-unsaturated/α-hetero) is 1. The molecule has 1 unspecified atom stereocenters. The highest BCUT2D eigenvalue weighted by atomic mass is 16.6. The zero-order chi connectivity index (χ0) is 34.6. The summed E-state index contributed by atoms with van der Waals surface area (Å²) >= 11 is 0. The normalized spacial score (nSPS) is 27.9. The van der Waals surface area contributed by atoms with E-state index >= 15 is 0 Å². The third-order valence-electron chi connectivity index (χ3n) is 11.9. The van der Waals surface area contributed by atoms with E-state index < -0.39 is 23.6 Å². The summed E-state index contributed by atoms with van der Waals surface area (Å²) in [6.07, 6.45) is 2.99. The number of rotatable bonds is 9. The number of carbonyl (C=O) groups excluding carboxylic acids is 3. The first-order valence-corrected chi connectivity index (χ1v) is 17.0. The third-order valence-corrected chi connectivity index (χ3v) is 11.9. The standard InChI is InChI=1S/C36H65N3O6/c1-31(2)17-24(18-32(3,4)37(31)13)43-23-28(40)27(30(42)45-26-21-35(9,10)39(15)36(11,12)22-26)16-29(41)44-25-19-33(5,6)38(14)34(7,8)20-25/h24-27H,16-23H2,1-15H3. The lowest BCUT2D eigenvalue weighted by atomic mass is 9.78. The number of esters is 2. The van der Waals surface area contributed by atoms with Crippen molar-refractivity contribution in [3.05, 3.63) is 0 Å². The number of ether oxygens (including phenoxy) is 3. The highest BCUT2D eigenvalue weighted by molar-refractivity contribution is 6.02. The molecular weight excluding hydrogens is 570 g/mol. The first-order valence-electron chi connectivity index (χ1n) is 17.0. The molecule has 3 saturated heterocycles. The minimum absolute atomic E-state index is 0.110. The van der Waals surface area contributed by atoms with Gasteiger partial charge in [-0.1, -0.05) is 0 Å². The number of nitrogens with zero attached hydrogens (tertiary/aromatic N) is 3. The summed E-state index contributed by atoms with van der Waals surface area (Å²) in [6.45, 7) is 25.6. The van der Waals surface area contributed by atoms with Crippen molar-refractivity contribution in [3.8, 4) is 0 Å². The minimum atomic E-state index is -1.28. The van der Waals surface area contributed by atoms with E-state index in [0.29, 0.717) is 25.7 Å². The van der Waals surface area contributed by atoms with Gasteiger partial charge in [0.15, 0.2) is 5.78 Å². The molecule has 1 atom stereocenters. The molecular formula is C36H65N3O6. The Balaban J connectivity index is 1.77. The monoisotopic (exact) mass is 635 g/mol. The van der Waals surface area contributed by atoms with Crippen molar-refractivity contribution in [1.29, 1.82) is 0 Å². The summed E-state index contributed by atoms with van der Waals surface area (Å²) in [7, 11) is 6.31. The molecule has 9 heteroatoms. The molecule has 0 aliphatic carbocycles. The van der Waals surface area contributed by atoms with Gasteiger partial charge in [-0.2, -0.15) is 0 Å². The van der Waals surface area contributed by atoms with Gasteiger partial charge in [-0.25, -0.2) is 0 Å². The number of carbonyl (C=O) groups is 3. The van der Waals surface area contributed by atoms with Gasteiger partial charge in [0, 0.05) is 58.9 Å². The number of hydrogen-bond acceptors (Lipinski definition) is 9. The number of hydrogen-bond donors (Lipinski definition) is 0. The van der Waals surface area contributed by atoms with Gasteiger partial charge in [0.05, 0.1) is 12.5 Å². The van der Waals surface area contributed by atoms with Crippen molar-refractivity contribution in [2.45, 2.75) is 180 Å². The Kier molecular flexibility index (Phi) is 10.8. The van der Waals surface area contributed by atoms with Crippen LogP contribution in [0.2, 0.25) is 0 Å². The van der Waals surface area contributed by atoms with Crippen molar-refractivity contribution >= 4 is 17.7 Å². The maximum atomic E-state index is 13.8. The highest BCUT2D eigenvalue weighted by Gasteiger charge is 2.48. The van der Waals surface area contributed by atoms with Gasteiger partial charge in [-0.05, 0) is 117 Å². The molecule has 0 N–H and O–H groups in total. The van der Waals surface area contributed by atoms with Crippen LogP contribution in [0.3, 0.4) is 0 Å². The first kappa shape index (κ1) is 37.9. The van der Waals surface area contributed by atoms with Crippen molar-refractivity contribution in [3.63, 3.8) is 0 Å². The predicted molar refractivity (Wildman–Crippen MR) is 178 cm³/mol. The number of piperidine rings is 3. The van der Waals surface area contributed by atoms with Crippen molar-refractivity contribution in [1.82, 2.24) is 14.7 Å². The molecule has 3 aliphatic rings. The molecule has 0 saturated carbocycles. The van der Waals surface area contributed by atoms with E-state index in [4.69, 9.17) is 14.2 Å². The van der Waals surface area contributed by atoms with Crippen molar-refractivity contribution in [2.75, 3.05) is 27.7 Å². The molecule has 0 aromatic heterocycles. The van der Waals surface area contributed by atoms with Crippen LogP contribution in [-0.2, 0) is 28.6 Å². The van der Waals surface area contributed by atoms with Crippen LogP contribution in [0.15, 0.2) is 0 Å². The van der Waals surface area contributed by atoms with Gasteiger partial charge in [0.2, 0.25) is 0 Å². The fraction of sp³-hybridized carbons (Fsp3) is 0.917. The molecule has 260 valence electrons. The smallest absolute Gasteiger partial charge is 0.317 e. The van der Waals surface area contributed by atoms with E-state index in [1.54, 1.807) is 0 Å². The summed E-state index contributed by atoms with van der Waals surface area (Å²) in [6, 6.07) is 0. The number of ketones is 1. The summed E-state index contributed by atoms with van der Waals surface area (Å²) in [5, 5.41) is 0. The fourth-order valence-corrected chi connectivity index (χ4v) is 8.40. The van der Waals surface area contributed by atoms with E-state index in [1.807, 2.05) is 0 Å². The van der Waals surface area contributed by atoms with Crippen LogP contribution >= 0.6 is 0 Å². The van der Waals surface area contributed by atoms with Gasteiger partial charge in [0.25, 0.3) is 0 Å². The largest absolute Gasteiger partial charge is 0.462 e. The quantitative estimate of drug-likeness (QED) is 0.237. The Hall–Kier alpha value is -1.55. The molecule has 0 spiro atoms. The van der Waals surface area contributed by atoms with E-state index in [-0.39, 0.29) is 64.6 Å². The Morgan fingerprint density at radius 2 is 0.867 bits per heavy atom. The molecule has 0 bridgehead atoms. The van der Waals surface area contributed by atoms with Crippen LogP contribution in [0, 0.1) is 5.92 Å². The summed E-state index contributed by atoms with van der Waals surface area (Å²) in [5.41, 5.74) is -0.955. The minimum Gasteiger partial charge on any atom is -0.462 e. The highest BCUT2D eigenvalue weighted by Crippen LogP contribution is 2.41. The summed E-state index contributed by atoms with van der Waals surface area (Å²) in [5.74, 6) is -2.91. The molecule has 0 aromatic carbocycles. The second-order valence-electron chi connectivity index (χ2n) is 18.1. The van der Waals surface area contributed by atoms with E-state index in [9.17, 15) is 14.4 Å². The summed E-state index contributed by atoms with van der Waals surface area (Å²) in [4.78, 5) is 48.0. The lowest BCUT2D eigenvalue weighted by Gasteiger charge is -2.53. The van der Waals surface area contributed by atoms with Gasteiger partial charge in [0.1, 0.15) is 24.7 Å². The maximum absolute atomic E-state index is 13.8. The van der Waals surface area contributed by atoms with E-state index in [2.05, 4.69) is 119 Å². The molecule has 9 nitrogen and oxygen atoms in total.